The van der Waals surface area contributed by atoms with Gasteiger partial charge in [0.05, 0.1) is 18.4 Å². The molecule has 2 aromatic rings. The molecule has 0 aromatic carbocycles. The van der Waals surface area contributed by atoms with Gasteiger partial charge in [0.2, 0.25) is 11.8 Å². The topological polar surface area (TPSA) is 129 Å². The highest BCUT2D eigenvalue weighted by molar-refractivity contribution is 6.27. The Hall–Kier alpha value is -3.21. The van der Waals surface area contributed by atoms with Gasteiger partial charge in [-0.2, -0.15) is 5.10 Å². The number of hydrogen-bond acceptors (Lipinski definition) is 5. The molecule has 3 heterocycles. The van der Waals surface area contributed by atoms with Crippen LogP contribution in [0.25, 0.3) is 5.82 Å². The van der Waals surface area contributed by atoms with Gasteiger partial charge in [-0.25, -0.2) is 18.9 Å². The molecule has 0 bridgehead atoms. The maximum Gasteiger partial charge on any atom is 0.407 e. The van der Waals surface area contributed by atoms with Crippen LogP contribution in [-0.4, -0.2) is 67.2 Å². The van der Waals surface area contributed by atoms with E-state index in [-0.39, 0.29) is 31.8 Å². The molecule has 1 fully saturated rings. The Labute approximate surface area is 182 Å². The molecule has 0 saturated carbocycles. The molecular weight excluding hydrogens is 431 g/mol. The summed E-state index contributed by atoms with van der Waals surface area (Å²) < 4.78 is 14.4. The number of nitrogens with zero attached hydrogens (tertiary/aromatic N) is 4. The van der Waals surface area contributed by atoms with Gasteiger partial charge < -0.3 is 20.6 Å². The number of carboxylic acid groups (broad SMARTS) is 1. The first kappa shape index (κ1) is 22.5. The molecule has 12 heteroatoms. The van der Waals surface area contributed by atoms with Gasteiger partial charge in [0.1, 0.15) is 11.4 Å². The number of hydrogen-bond donors (Lipinski definition) is 3. The van der Waals surface area contributed by atoms with Crippen molar-refractivity contribution in [3.8, 4) is 5.82 Å². The highest BCUT2D eigenvalue weighted by atomic mass is 35.5. The second kappa shape index (κ2) is 9.29. The van der Waals surface area contributed by atoms with E-state index in [0.29, 0.717) is 11.4 Å². The minimum Gasteiger partial charge on any atom is -0.465 e. The molecule has 3 amide bonds. The van der Waals surface area contributed by atoms with E-state index in [4.69, 9.17) is 16.7 Å². The van der Waals surface area contributed by atoms with Gasteiger partial charge in [0.15, 0.2) is 11.6 Å². The van der Waals surface area contributed by atoms with Gasteiger partial charge >= 0.3 is 6.09 Å². The minimum atomic E-state index is -1.26. The van der Waals surface area contributed by atoms with Crippen molar-refractivity contribution in [1.29, 1.82) is 0 Å². The summed E-state index contributed by atoms with van der Waals surface area (Å²) in [6.07, 6.45) is 2.99. The molecule has 1 saturated heterocycles. The smallest absolute Gasteiger partial charge is 0.407 e. The molecule has 10 nitrogen and oxygen atoms in total. The van der Waals surface area contributed by atoms with Crippen molar-refractivity contribution in [2.45, 2.75) is 31.3 Å². The Morgan fingerprint density at radius 3 is 2.52 bits per heavy atom. The summed E-state index contributed by atoms with van der Waals surface area (Å²) >= 11 is 5.60. The Bertz CT molecular complexity index is 959. The molecule has 0 unspecified atom stereocenters. The lowest BCUT2D eigenvalue weighted by Gasteiger charge is -2.40. The van der Waals surface area contributed by atoms with E-state index in [1.807, 2.05) is 0 Å². The Morgan fingerprint density at radius 1 is 1.29 bits per heavy atom. The first-order valence-corrected chi connectivity index (χ1v) is 10.1. The summed E-state index contributed by atoms with van der Waals surface area (Å²) in [7, 11) is 0. The van der Waals surface area contributed by atoms with Gasteiger partial charge in [-0.05, 0) is 31.4 Å². The molecule has 1 atom stereocenters. The predicted octanol–water partition coefficient (Wildman–Crippen LogP) is 1.45. The van der Waals surface area contributed by atoms with Crippen molar-refractivity contribution in [3.05, 3.63) is 42.1 Å². The lowest BCUT2D eigenvalue weighted by Crippen LogP contribution is -2.64. The zero-order chi connectivity index (χ0) is 22.6. The van der Waals surface area contributed by atoms with Crippen molar-refractivity contribution in [1.82, 2.24) is 30.3 Å². The zero-order valence-electron chi connectivity index (χ0n) is 16.7. The molecule has 31 heavy (non-hydrogen) atoms. The lowest BCUT2D eigenvalue weighted by atomic mass is 9.86. The van der Waals surface area contributed by atoms with Gasteiger partial charge in [-0.15, -0.1) is 11.6 Å². The average molecular weight is 453 g/mol. The number of amides is 3. The SMILES string of the molecule is C[C@H](NC(=O)C1(NC(=O)CCl)CCN(C(=O)O)CC1)c1ccc(-n2cc(F)cn2)nc1. The second-order valence-electron chi connectivity index (χ2n) is 7.28. The highest BCUT2D eigenvalue weighted by Crippen LogP contribution is 2.25. The number of alkyl halides is 1. The van der Waals surface area contributed by atoms with E-state index in [1.165, 1.54) is 22.0 Å². The Balaban J connectivity index is 1.71. The molecule has 1 aliphatic rings. The summed E-state index contributed by atoms with van der Waals surface area (Å²) in [6.45, 7) is 1.97. The molecule has 3 N–H and O–H groups in total. The number of nitrogens with one attached hydrogen (secondary N) is 2. The lowest BCUT2D eigenvalue weighted by molar-refractivity contribution is -0.135. The maximum atomic E-state index is 13.1. The van der Waals surface area contributed by atoms with Crippen LogP contribution in [0.3, 0.4) is 0 Å². The van der Waals surface area contributed by atoms with Crippen LogP contribution < -0.4 is 10.6 Å². The van der Waals surface area contributed by atoms with E-state index >= 15 is 0 Å². The van der Waals surface area contributed by atoms with Gasteiger partial charge in [0.25, 0.3) is 0 Å². The number of carbonyl (C=O) groups is 3. The number of aromatic nitrogens is 3. The monoisotopic (exact) mass is 452 g/mol. The summed E-state index contributed by atoms with van der Waals surface area (Å²) in [5.74, 6) is -1.32. The third kappa shape index (κ3) is 5.10. The standard InChI is InChI=1S/C19H22ClFN6O4/c1-12(13-2-3-15(22-9-13)27-11-14(21)10-23-27)24-17(29)19(25-16(28)8-20)4-6-26(7-5-19)18(30)31/h2-3,9-12H,4-8H2,1H3,(H,24,29)(H,25,28)(H,30,31)/t12-/m0/s1. The van der Waals surface area contributed by atoms with E-state index < -0.39 is 35.3 Å². The van der Waals surface area contributed by atoms with Gasteiger partial charge in [-0.1, -0.05) is 6.07 Å². The fourth-order valence-corrected chi connectivity index (χ4v) is 3.49. The fourth-order valence-electron chi connectivity index (χ4n) is 3.42. The molecule has 2 aromatic heterocycles. The third-order valence-corrected chi connectivity index (χ3v) is 5.47. The fraction of sp³-hybridized carbons (Fsp3) is 0.421. The number of carbonyl (C=O) groups excluding carboxylic acids is 2. The van der Waals surface area contributed by atoms with Crippen LogP contribution >= 0.6 is 11.6 Å². The molecule has 166 valence electrons. The summed E-state index contributed by atoms with van der Waals surface area (Å²) in [4.78, 5) is 41.7. The molecular formula is C19H22ClFN6O4. The number of halogens is 2. The van der Waals surface area contributed by atoms with Crippen molar-refractivity contribution >= 4 is 29.5 Å². The van der Waals surface area contributed by atoms with Gasteiger partial charge in [-0.3, -0.25) is 9.59 Å². The van der Waals surface area contributed by atoms with Crippen molar-refractivity contribution in [2.24, 2.45) is 0 Å². The highest BCUT2D eigenvalue weighted by Gasteiger charge is 2.43. The minimum absolute atomic E-state index is 0.108. The van der Waals surface area contributed by atoms with E-state index in [1.54, 1.807) is 19.1 Å². The largest absolute Gasteiger partial charge is 0.465 e. The van der Waals surface area contributed by atoms with Crippen molar-refractivity contribution in [2.75, 3.05) is 19.0 Å². The predicted molar refractivity (Wildman–Crippen MR) is 108 cm³/mol. The van der Waals surface area contributed by atoms with E-state index in [9.17, 15) is 18.8 Å². The molecule has 0 spiro atoms. The number of rotatable bonds is 6. The van der Waals surface area contributed by atoms with Crippen LogP contribution in [0.5, 0.6) is 0 Å². The first-order chi connectivity index (χ1) is 14.7. The number of pyridine rings is 1. The quantitative estimate of drug-likeness (QED) is 0.569. The molecule has 1 aliphatic heterocycles. The van der Waals surface area contributed by atoms with Crippen molar-refractivity contribution < 1.29 is 23.9 Å². The van der Waals surface area contributed by atoms with Crippen LogP contribution in [0, 0.1) is 5.82 Å². The molecule has 0 aliphatic carbocycles. The van der Waals surface area contributed by atoms with Crippen LogP contribution in [0.1, 0.15) is 31.4 Å². The van der Waals surface area contributed by atoms with Gasteiger partial charge in [0, 0.05) is 19.3 Å². The Morgan fingerprint density at radius 2 is 2.00 bits per heavy atom. The molecule has 0 radical (unpaired) electrons. The Kier molecular flexibility index (Phi) is 6.74. The van der Waals surface area contributed by atoms with Crippen LogP contribution in [0.2, 0.25) is 0 Å². The van der Waals surface area contributed by atoms with Crippen molar-refractivity contribution in [3.63, 3.8) is 0 Å². The first-order valence-electron chi connectivity index (χ1n) is 9.56. The zero-order valence-corrected chi connectivity index (χ0v) is 17.5. The number of likely N-dealkylation sites (tertiary alicyclic amines) is 1. The maximum absolute atomic E-state index is 13.1. The summed E-state index contributed by atoms with van der Waals surface area (Å²) in [5, 5.41) is 18.5. The average Bonchev–Trinajstić information content (AvgIpc) is 3.20. The van der Waals surface area contributed by atoms with E-state index in [0.717, 1.165) is 6.20 Å². The third-order valence-electron chi connectivity index (χ3n) is 5.23. The summed E-state index contributed by atoms with van der Waals surface area (Å²) in [6, 6.07) is 2.91. The van der Waals surface area contributed by atoms with Crippen LogP contribution in [-0.2, 0) is 9.59 Å². The number of piperidine rings is 1. The normalized spacial score (nSPS) is 16.4. The van der Waals surface area contributed by atoms with E-state index in [2.05, 4.69) is 20.7 Å². The second-order valence-corrected chi connectivity index (χ2v) is 7.55. The summed E-state index contributed by atoms with van der Waals surface area (Å²) in [5.41, 5.74) is -0.571. The van der Waals surface area contributed by atoms with Crippen LogP contribution in [0.4, 0.5) is 9.18 Å². The molecule has 3 rings (SSSR count). The van der Waals surface area contributed by atoms with Crippen LogP contribution in [0.15, 0.2) is 30.7 Å².